The molecule has 2 aromatic heterocycles. The number of hydrogen-bond acceptors (Lipinski definition) is 3. The molecule has 2 aromatic carbocycles. The third-order valence-electron chi connectivity index (χ3n) is 5.20. The molecule has 0 aliphatic heterocycles. The van der Waals surface area contributed by atoms with Crippen molar-refractivity contribution in [1.29, 1.82) is 0 Å². The molecule has 0 saturated carbocycles. The third kappa shape index (κ3) is 3.97. The van der Waals surface area contributed by atoms with Gasteiger partial charge < -0.3 is 5.11 Å². The fraction of sp³-hybridized carbons (Fsp3) is 0.130. The summed E-state index contributed by atoms with van der Waals surface area (Å²) in [5.41, 5.74) is -0.0341. The number of carbonyl (C=O) groups is 1. The molecule has 8 nitrogen and oxygen atoms in total. The number of alkyl halides is 3. The molecule has 0 fully saturated rings. The van der Waals surface area contributed by atoms with Crippen LogP contribution in [-0.2, 0) is 17.5 Å². The normalized spacial score (nSPS) is 11.4. The Morgan fingerprint density at radius 2 is 1.82 bits per heavy atom. The van der Waals surface area contributed by atoms with Crippen molar-refractivity contribution >= 4 is 11.7 Å². The molecule has 0 atom stereocenters. The van der Waals surface area contributed by atoms with Crippen molar-refractivity contribution in [2.45, 2.75) is 19.6 Å². The smallest absolute Gasteiger partial charge is 0.416 e. The minimum absolute atomic E-state index is 0.0461. The number of benzene rings is 2. The first kappa shape index (κ1) is 22.6. The van der Waals surface area contributed by atoms with E-state index < -0.39 is 29.9 Å². The Morgan fingerprint density at radius 1 is 1.12 bits per heavy atom. The Labute approximate surface area is 190 Å². The van der Waals surface area contributed by atoms with E-state index in [4.69, 9.17) is 6.57 Å². The first-order valence-corrected chi connectivity index (χ1v) is 9.85. The maximum absolute atomic E-state index is 13.3. The summed E-state index contributed by atoms with van der Waals surface area (Å²) in [5, 5.41) is 13.7. The molecular weight excluding hydrogens is 451 g/mol. The molecule has 0 unspecified atom stereocenters. The lowest BCUT2D eigenvalue weighted by Gasteiger charge is -2.11. The van der Waals surface area contributed by atoms with Gasteiger partial charge in [0.05, 0.1) is 46.8 Å². The fourth-order valence-electron chi connectivity index (χ4n) is 3.75. The average molecular weight is 467 g/mol. The molecule has 34 heavy (non-hydrogen) atoms. The van der Waals surface area contributed by atoms with Crippen LogP contribution in [0, 0.1) is 13.5 Å². The second-order valence-electron chi connectivity index (χ2n) is 7.34. The summed E-state index contributed by atoms with van der Waals surface area (Å²) in [6.07, 6.45) is -3.16. The summed E-state index contributed by atoms with van der Waals surface area (Å²) in [6.45, 7) is 7.90. The molecule has 0 amide bonds. The standard InChI is InChI=1S/C23H16F3N5O3/c1-14-21(19-10-11-28-31(19)17-8-6-16(27-2)7-9-17)29(13-20(32)33)22(34)30(14)18-5-3-4-15(12-18)23(24,25)26/h3-12H,13H2,1H3,(H,32,33). The Bertz CT molecular complexity index is 1490. The zero-order valence-electron chi connectivity index (χ0n) is 17.6. The lowest BCUT2D eigenvalue weighted by molar-refractivity contribution is -0.138. The molecule has 0 aliphatic rings. The van der Waals surface area contributed by atoms with Gasteiger partial charge in [-0.2, -0.15) is 18.3 Å². The second kappa shape index (κ2) is 8.40. The summed E-state index contributed by atoms with van der Waals surface area (Å²) in [6, 6.07) is 12.3. The Kier molecular flexibility index (Phi) is 5.58. The molecular formula is C23H16F3N5O3. The van der Waals surface area contributed by atoms with E-state index in [2.05, 4.69) is 9.94 Å². The van der Waals surface area contributed by atoms with Gasteiger partial charge in [-0.1, -0.05) is 18.2 Å². The second-order valence-corrected chi connectivity index (χ2v) is 7.34. The van der Waals surface area contributed by atoms with E-state index in [1.54, 1.807) is 30.3 Å². The van der Waals surface area contributed by atoms with Crippen LogP contribution in [0.25, 0.3) is 27.6 Å². The molecule has 4 rings (SSSR count). The number of halogens is 3. The molecule has 0 bridgehead atoms. The van der Waals surface area contributed by atoms with Crippen LogP contribution in [0.3, 0.4) is 0 Å². The maximum atomic E-state index is 13.3. The highest BCUT2D eigenvalue weighted by molar-refractivity contribution is 5.70. The van der Waals surface area contributed by atoms with Crippen LogP contribution in [0.1, 0.15) is 11.3 Å². The van der Waals surface area contributed by atoms with Crippen molar-refractivity contribution in [1.82, 2.24) is 18.9 Å². The minimum atomic E-state index is -4.61. The largest absolute Gasteiger partial charge is 0.480 e. The van der Waals surface area contributed by atoms with Gasteiger partial charge in [-0.25, -0.2) is 14.3 Å². The number of carboxylic acids is 1. The van der Waals surface area contributed by atoms with E-state index in [-0.39, 0.29) is 17.1 Å². The first-order chi connectivity index (χ1) is 16.1. The van der Waals surface area contributed by atoms with Gasteiger partial charge >= 0.3 is 17.8 Å². The molecule has 0 aliphatic carbocycles. The van der Waals surface area contributed by atoms with Gasteiger partial charge in [-0.05, 0) is 43.3 Å². The Balaban J connectivity index is 1.96. The van der Waals surface area contributed by atoms with Crippen LogP contribution in [0.5, 0.6) is 0 Å². The SMILES string of the molecule is [C-]#[N+]c1ccc(-n2nccc2-c2c(C)n(-c3cccc(C(F)(F)F)c3)c(=O)n2CC(=O)O)cc1. The minimum Gasteiger partial charge on any atom is -0.480 e. The first-order valence-electron chi connectivity index (χ1n) is 9.85. The molecule has 11 heteroatoms. The molecule has 1 N–H and O–H groups in total. The predicted molar refractivity (Wildman–Crippen MR) is 116 cm³/mol. The van der Waals surface area contributed by atoms with Crippen LogP contribution >= 0.6 is 0 Å². The zero-order chi connectivity index (χ0) is 24.6. The van der Waals surface area contributed by atoms with Crippen LogP contribution in [0.4, 0.5) is 18.9 Å². The molecule has 0 saturated heterocycles. The highest BCUT2D eigenvalue weighted by Crippen LogP contribution is 2.32. The van der Waals surface area contributed by atoms with Crippen molar-refractivity contribution in [3.63, 3.8) is 0 Å². The lowest BCUT2D eigenvalue weighted by Crippen LogP contribution is -2.27. The van der Waals surface area contributed by atoms with Gasteiger partial charge in [0.25, 0.3) is 0 Å². The number of hydrogen-bond donors (Lipinski definition) is 1. The van der Waals surface area contributed by atoms with Gasteiger partial charge in [0, 0.05) is 0 Å². The molecule has 0 radical (unpaired) electrons. The Morgan fingerprint density at radius 3 is 2.44 bits per heavy atom. The number of nitrogens with zero attached hydrogens (tertiary/aromatic N) is 5. The number of carboxylic acid groups (broad SMARTS) is 1. The summed E-state index contributed by atoms with van der Waals surface area (Å²) in [5.74, 6) is -1.29. The molecule has 4 aromatic rings. The van der Waals surface area contributed by atoms with E-state index in [1.165, 1.54) is 29.9 Å². The fourth-order valence-corrected chi connectivity index (χ4v) is 3.75. The highest BCUT2D eigenvalue weighted by atomic mass is 19.4. The summed E-state index contributed by atoms with van der Waals surface area (Å²) >= 11 is 0. The quantitative estimate of drug-likeness (QED) is 0.440. The number of aliphatic carboxylic acids is 1. The van der Waals surface area contributed by atoms with Crippen molar-refractivity contribution in [2.24, 2.45) is 0 Å². The summed E-state index contributed by atoms with van der Waals surface area (Å²) in [7, 11) is 0. The number of imidazole rings is 1. The summed E-state index contributed by atoms with van der Waals surface area (Å²) in [4.78, 5) is 28.1. The molecule has 2 heterocycles. The van der Waals surface area contributed by atoms with Gasteiger partial charge in [-0.15, -0.1) is 0 Å². The topological polar surface area (TPSA) is 86.4 Å². The average Bonchev–Trinajstić information content (AvgIpc) is 3.35. The van der Waals surface area contributed by atoms with E-state index >= 15 is 0 Å². The monoisotopic (exact) mass is 467 g/mol. The molecule has 0 spiro atoms. The van der Waals surface area contributed by atoms with Crippen molar-refractivity contribution in [2.75, 3.05) is 0 Å². The van der Waals surface area contributed by atoms with Crippen molar-refractivity contribution < 1.29 is 23.1 Å². The van der Waals surface area contributed by atoms with Gasteiger partial charge in [0.2, 0.25) is 0 Å². The van der Waals surface area contributed by atoms with Crippen LogP contribution in [0.2, 0.25) is 0 Å². The van der Waals surface area contributed by atoms with E-state index in [9.17, 15) is 27.9 Å². The Hall–Kier alpha value is -4.59. The van der Waals surface area contributed by atoms with Gasteiger partial charge in [-0.3, -0.25) is 13.9 Å². The number of rotatable bonds is 5. The number of aromatic nitrogens is 4. The predicted octanol–water partition coefficient (Wildman–Crippen LogP) is 4.45. The van der Waals surface area contributed by atoms with E-state index in [0.29, 0.717) is 17.1 Å². The lowest BCUT2D eigenvalue weighted by atomic mass is 10.2. The van der Waals surface area contributed by atoms with Crippen molar-refractivity contribution in [3.8, 4) is 22.8 Å². The van der Waals surface area contributed by atoms with Crippen LogP contribution < -0.4 is 5.69 Å². The maximum Gasteiger partial charge on any atom is 0.416 e. The molecule has 172 valence electrons. The van der Waals surface area contributed by atoms with Gasteiger partial charge in [0.15, 0.2) is 5.69 Å². The third-order valence-corrected chi connectivity index (χ3v) is 5.20. The van der Waals surface area contributed by atoms with Gasteiger partial charge in [0.1, 0.15) is 6.54 Å². The zero-order valence-corrected chi connectivity index (χ0v) is 17.6. The summed E-state index contributed by atoms with van der Waals surface area (Å²) < 4.78 is 43.3. The van der Waals surface area contributed by atoms with E-state index in [0.717, 1.165) is 21.3 Å². The van der Waals surface area contributed by atoms with Crippen LogP contribution in [-0.4, -0.2) is 30.0 Å². The van der Waals surface area contributed by atoms with Crippen molar-refractivity contribution in [3.05, 3.63) is 94.0 Å². The van der Waals surface area contributed by atoms with E-state index in [1.807, 2.05) is 0 Å². The van der Waals surface area contributed by atoms with Crippen LogP contribution in [0.15, 0.2) is 65.6 Å². The highest BCUT2D eigenvalue weighted by Gasteiger charge is 2.31.